The highest BCUT2D eigenvalue weighted by molar-refractivity contribution is 6.30. The minimum absolute atomic E-state index is 0.0286. The fourth-order valence-corrected chi connectivity index (χ4v) is 2.69. The van der Waals surface area contributed by atoms with Crippen molar-refractivity contribution in [2.75, 3.05) is 5.43 Å². The first kappa shape index (κ1) is 18.4. The first-order valence-electron chi connectivity index (χ1n) is 7.96. The van der Waals surface area contributed by atoms with E-state index in [9.17, 15) is 14.4 Å². The van der Waals surface area contributed by atoms with E-state index in [1.54, 1.807) is 48.5 Å². The molecule has 0 radical (unpaired) electrons. The Morgan fingerprint density at radius 2 is 1.74 bits per heavy atom. The minimum atomic E-state index is -1.22. The van der Waals surface area contributed by atoms with Gasteiger partial charge in [-0.25, -0.2) is 10.2 Å². The van der Waals surface area contributed by atoms with E-state index in [1.807, 2.05) is 0 Å². The van der Waals surface area contributed by atoms with Gasteiger partial charge < -0.3 is 10.4 Å². The minimum Gasteiger partial charge on any atom is -0.465 e. The van der Waals surface area contributed by atoms with Gasteiger partial charge in [0.25, 0.3) is 5.56 Å². The normalized spacial score (nSPS) is 10.6. The lowest BCUT2D eigenvalue weighted by molar-refractivity contribution is -0.116. The van der Waals surface area contributed by atoms with Crippen LogP contribution >= 0.6 is 11.6 Å². The summed E-state index contributed by atoms with van der Waals surface area (Å²) in [6.07, 6.45) is -1.19. The second-order valence-corrected chi connectivity index (χ2v) is 6.14. The summed E-state index contributed by atoms with van der Waals surface area (Å²) in [5.41, 5.74) is 2.97. The van der Waals surface area contributed by atoms with E-state index in [2.05, 4.69) is 15.8 Å². The van der Waals surface area contributed by atoms with E-state index >= 15 is 0 Å². The molecule has 1 heterocycles. The van der Waals surface area contributed by atoms with E-state index in [0.29, 0.717) is 21.5 Å². The number of nitrogens with one attached hydrogen (secondary N) is 2. The molecule has 3 N–H and O–H groups in total. The van der Waals surface area contributed by atoms with E-state index in [0.717, 1.165) is 10.4 Å². The number of hydrogen-bond donors (Lipinski definition) is 3. The van der Waals surface area contributed by atoms with Gasteiger partial charge in [-0.2, -0.15) is 5.10 Å². The monoisotopic (exact) mass is 386 g/mol. The highest BCUT2D eigenvalue weighted by Crippen LogP contribution is 2.13. The number of aromatic nitrogens is 2. The van der Waals surface area contributed by atoms with E-state index in [4.69, 9.17) is 16.7 Å². The molecule has 0 aliphatic carbocycles. The molecule has 0 unspecified atom stereocenters. The lowest BCUT2D eigenvalue weighted by atomic mass is 10.1. The lowest BCUT2D eigenvalue weighted by Crippen LogP contribution is -2.37. The topological polar surface area (TPSA) is 113 Å². The van der Waals surface area contributed by atoms with Gasteiger partial charge >= 0.3 is 6.09 Å². The highest BCUT2D eigenvalue weighted by Gasteiger charge is 2.13. The van der Waals surface area contributed by atoms with Gasteiger partial charge in [0.2, 0.25) is 5.91 Å². The summed E-state index contributed by atoms with van der Waals surface area (Å²) in [7, 11) is 0. The van der Waals surface area contributed by atoms with Crippen LogP contribution in [0.4, 0.5) is 4.79 Å². The number of carbonyl (C=O) groups excluding carboxylic acids is 1. The highest BCUT2D eigenvalue weighted by atomic mass is 35.5. The van der Waals surface area contributed by atoms with Gasteiger partial charge in [-0.1, -0.05) is 41.9 Å². The molecule has 9 heteroatoms. The molecule has 3 rings (SSSR count). The second kappa shape index (κ2) is 7.88. The zero-order chi connectivity index (χ0) is 19.4. The van der Waals surface area contributed by atoms with Gasteiger partial charge in [0, 0.05) is 10.4 Å². The molecule has 0 spiro atoms. The molecule has 0 fully saturated rings. The quantitative estimate of drug-likeness (QED) is 0.621. The fourth-order valence-electron chi connectivity index (χ4n) is 2.57. The Morgan fingerprint density at radius 1 is 1.07 bits per heavy atom. The molecule has 2 aromatic carbocycles. The molecule has 0 atom stereocenters. The average molecular weight is 387 g/mol. The molecule has 1 aromatic heterocycles. The number of rotatable bonds is 5. The largest absolute Gasteiger partial charge is 0.465 e. The Morgan fingerprint density at radius 3 is 2.41 bits per heavy atom. The second-order valence-electron chi connectivity index (χ2n) is 5.71. The van der Waals surface area contributed by atoms with E-state index < -0.39 is 17.6 Å². The van der Waals surface area contributed by atoms with Gasteiger partial charge in [-0.15, -0.1) is 4.79 Å². The van der Waals surface area contributed by atoms with Gasteiger partial charge in [0.1, 0.15) is 0 Å². The number of halogens is 1. The van der Waals surface area contributed by atoms with Crippen LogP contribution in [0, 0.1) is 0 Å². The molecule has 0 aliphatic heterocycles. The first-order valence-corrected chi connectivity index (χ1v) is 8.34. The van der Waals surface area contributed by atoms with Crippen molar-refractivity contribution in [3.05, 3.63) is 75.2 Å². The zero-order valence-electron chi connectivity index (χ0n) is 14.0. The molecule has 0 saturated carbocycles. The zero-order valence-corrected chi connectivity index (χ0v) is 14.7. The van der Waals surface area contributed by atoms with Crippen molar-refractivity contribution >= 4 is 34.4 Å². The Hall–Kier alpha value is -3.39. The van der Waals surface area contributed by atoms with Crippen LogP contribution in [-0.4, -0.2) is 27.0 Å². The average Bonchev–Trinajstić information content (AvgIpc) is 2.65. The summed E-state index contributed by atoms with van der Waals surface area (Å²) >= 11 is 5.82. The Kier molecular flexibility index (Phi) is 5.37. The maximum absolute atomic E-state index is 12.6. The van der Waals surface area contributed by atoms with Crippen LogP contribution in [0.5, 0.6) is 0 Å². The molecule has 0 aliphatic rings. The Bertz CT molecular complexity index is 1060. The third-order valence-corrected chi connectivity index (χ3v) is 4.05. The van der Waals surface area contributed by atoms with Gasteiger partial charge in [0.05, 0.1) is 24.0 Å². The standard InChI is InChI=1S/C18H15ClN4O4/c19-12-7-5-11(6-8-12)9-16(24)22-23-17(25)14-4-2-1-3-13(14)15(21-23)10-20-18(26)27/h1-8,20H,9-10H2,(H,22,24)(H,26,27). The summed E-state index contributed by atoms with van der Waals surface area (Å²) in [5.74, 6) is -0.445. The van der Waals surface area contributed by atoms with Gasteiger partial charge in [0.15, 0.2) is 0 Å². The number of amides is 2. The smallest absolute Gasteiger partial charge is 0.404 e. The van der Waals surface area contributed by atoms with Gasteiger partial charge in [-0.05, 0) is 23.8 Å². The molecular formula is C18H15ClN4O4. The third-order valence-electron chi connectivity index (χ3n) is 3.80. The predicted molar refractivity (Wildman–Crippen MR) is 100 cm³/mol. The van der Waals surface area contributed by atoms with Crippen molar-refractivity contribution in [1.82, 2.24) is 15.2 Å². The van der Waals surface area contributed by atoms with Crippen molar-refractivity contribution in [2.24, 2.45) is 0 Å². The van der Waals surface area contributed by atoms with Crippen LogP contribution in [0.2, 0.25) is 5.02 Å². The molecular weight excluding hydrogens is 372 g/mol. The lowest BCUT2D eigenvalue weighted by Gasteiger charge is -2.12. The number of carbonyl (C=O) groups is 2. The predicted octanol–water partition coefficient (Wildman–Crippen LogP) is 2.13. The van der Waals surface area contributed by atoms with Crippen LogP contribution in [0.15, 0.2) is 53.3 Å². The molecule has 3 aromatic rings. The van der Waals surface area contributed by atoms with Crippen LogP contribution in [0.1, 0.15) is 11.3 Å². The number of hydrogen-bond acceptors (Lipinski definition) is 4. The van der Waals surface area contributed by atoms with Crippen molar-refractivity contribution in [3.8, 4) is 0 Å². The van der Waals surface area contributed by atoms with Crippen molar-refractivity contribution in [3.63, 3.8) is 0 Å². The number of fused-ring (bicyclic) bond motifs is 1. The SMILES string of the molecule is O=C(O)NCc1nn(NC(=O)Cc2ccc(Cl)cc2)c(=O)c2ccccc12. The first-order chi connectivity index (χ1) is 12.9. The van der Waals surface area contributed by atoms with Crippen molar-refractivity contribution in [2.45, 2.75) is 13.0 Å². The molecule has 27 heavy (non-hydrogen) atoms. The summed E-state index contributed by atoms with van der Waals surface area (Å²) in [6, 6.07) is 13.4. The van der Waals surface area contributed by atoms with Crippen molar-refractivity contribution < 1.29 is 14.7 Å². The van der Waals surface area contributed by atoms with Crippen LogP contribution in [-0.2, 0) is 17.8 Å². The van der Waals surface area contributed by atoms with Crippen LogP contribution in [0.25, 0.3) is 10.8 Å². The summed E-state index contributed by atoms with van der Waals surface area (Å²) in [6.45, 7) is -0.108. The third kappa shape index (κ3) is 4.42. The maximum atomic E-state index is 12.6. The van der Waals surface area contributed by atoms with Crippen molar-refractivity contribution in [1.29, 1.82) is 0 Å². The maximum Gasteiger partial charge on any atom is 0.404 e. The number of carboxylic acid groups (broad SMARTS) is 1. The Balaban J connectivity index is 1.89. The number of benzene rings is 2. The van der Waals surface area contributed by atoms with Crippen LogP contribution in [0.3, 0.4) is 0 Å². The number of nitrogens with zero attached hydrogens (tertiary/aromatic N) is 2. The van der Waals surface area contributed by atoms with Crippen LogP contribution < -0.4 is 16.3 Å². The Labute approximate surface area is 158 Å². The molecule has 8 nitrogen and oxygen atoms in total. The molecule has 138 valence electrons. The molecule has 0 saturated heterocycles. The van der Waals surface area contributed by atoms with Gasteiger partial charge in [-0.3, -0.25) is 9.59 Å². The summed E-state index contributed by atoms with van der Waals surface area (Å²) in [5, 5.41) is 16.5. The van der Waals surface area contributed by atoms with E-state index in [-0.39, 0.29) is 13.0 Å². The fraction of sp³-hybridized carbons (Fsp3) is 0.111. The summed E-state index contributed by atoms with van der Waals surface area (Å²) in [4.78, 5) is 36.5. The van der Waals surface area contributed by atoms with E-state index in [1.165, 1.54) is 0 Å². The summed E-state index contributed by atoms with van der Waals surface area (Å²) < 4.78 is 0. The molecule has 0 bridgehead atoms. The molecule has 2 amide bonds.